The van der Waals surface area contributed by atoms with E-state index >= 15 is 0 Å². The summed E-state index contributed by atoms with van der Waals surface area (Å²) in [7, 11) is -4.15. The van der Waals surface area contributed by atoms with Crippen LogP contribution in [-0.4, -0.2) is 8.42 Å². The highest BCUT2D eigenvalue weighted by Gasteiger charge is 2.34. The van der Waals surface area contributed by atoms with E-state index in [1.54, 1.807) is 0 Å². The largest absolute Gasteiger partial charge is 0.418 e. The van der Waals surface area contributed by atoms with Gasteiger partial charge in [-0.3, -0.25) is 4.72 Å². The topological polar surface area (TPSA) is 46.2 Å². The van der Waals surface area contributed by atoms with Crippen LogP contribution in [0.5, 0.6) is 0 Å². The molecule has 2 rings (SSSR count). The van der Waals surface area contributed by atoms with Crippen LogP contribution in [0.3, 0.4) is 0 Å². The monoisotopic (exact) mass is 335 g/mol. The van der Waals surface area contributed by atoms with Gasteiger partial charge < -0.3 is 0 Å². The van der Waals surface area contributed by atoms with E-state index in [-0.39, 0.29) is 9.92 Å². The molecule has 0 heterocycles. The van der Waals surface area contributed by atoms with Crippen LogP contribution in [0.1, 0.15) is 5.56 Å². The van der Waals surface area contributed by atoms with Gasteiger partial charge in [-0.05, 0) is 30.3 Å². The molecule has 0 radical (unpaired) electrons. The van der Waals surface area contributed by atoms with Gasteiger partial charge in [0.05, 0.1) is 16.1 Å². The minimum Gasteiger partial charge on any atom is -0.279 e. The number of halogens is 4. The van der Waals surface area contributed by atoms with Crippen molar-refractivity contribution >= 4 is 27.3 Å². The number of nitrogens with one attached hydrogen (secondary N) is 1. The number of anilines is 1. The Morgan fingerprint density at radius 3 is 2.29 bits per heavy atom. The summed E-state index contributed by atoms with van der Waals surface area (Å²) in [5.74, 6) is 0. The Bertz CT molecular complexity index is 760. The molecule has 2 aromatic carbocycles. The van der Waals surface area contributed by atoms with E-state index in [4.69, 9.17) is 11.6 Å². The molecule has 0 spiro atoms. The first-order valence-corrected chi connectivity index (χ1v) is 7.51. The third-order valence-electron chi connectivity index (χ3n) is 2.58. The minimum absolute atomic E-state index is 0.169. The Morgan fingerprint density at radius 2 is 1.67 bits per heavy atom. The van der Waals surface area contributed by atoms with Crippen molar-refractivity contribution in [2.75, 3.05) is 4.72 Å². The first kappa shape index (κ1) is 15.7. The lowest BCUT2D eigenvalue weighted by atomic mass is 10.2. The fourth-order valence-electron chi connectivity index (χ4n) is 1.66. The predicted molar refractivity (Wildman–Crippen MR) is 73.7 cm³/mol. The lowest BCUT2D eigenvalue weighted by molar-refractivity contribution is -0.136. The molecule has 1 N–H and O–H groups in total. The van der Waals surface area contributed by atoms with Crippen LogP contribution in [-0.2, 0) is 16.2 Å². The number of alkyl halides is 3. The molecule has 0 aromatic heterocycles. The van der Waals surface area contributed by atoms with Crippen LogP contribution >= 0.6 is 11.6 Å². The van der Waals surface area contributed by atoms with E-state index in [9.17, 15) is 21.6 Å². The molecule has 0 saturated heterocycles. The van der Waals surface area contributed by atoms with E-state index in [0.717, 1.165) is 18.2 Å². The van der Waals surface area contributed by atoms with E-state index in [1.165, 1.54) is 30.3 Å². The van der Waals surface area contributed by atoms with Crippen molar-refractivity contribution in [3.63, 3.8) is 0 Å². The zero-order valence-corrected chi connectivity index (χ0v) is 11.9. The maximum absolute atomic E-state index is 12.8. The van der Waals surface area contributed by atoms with Crippen molar-refractivity contribution in [1.29, 1.82) is 0 Å². The molecule has 0 fully saturated rings. The Labute approximate surface area is 124 Å². The van der Waals surface area contributed by atoms with Crippen molar-refractivity contribution in [3.8, 4) is 0 Å². The van der Waals surface area contributed by atoms with Crippen LogP contribution in [0.25, 0.3) is 0 Å². The molecule has 3 nitrogen and oxygen atoms in total. The van der Waals surface area contributed by atoms with Crippen molar-refractivity contribution in [3.05, 3.63) is 59.1 Å². The van der Waals surface area contributed by atoms with Gasteiger partial charge >= 0.3 is 6.18 Å². The normalized spacial score (nSPS) is 12.2. The van der Waals surface area contributed by atoms with Crippen molar-refractivity contribution < 1.29 is 21.6 Å². The van der Waals surface area contributed by atoms with Gasteiger partial charge in [-0.15, -0.1) is 0 Å². The van der Waals surface area contributed by atoms with Gasteiger partial charge in [0, 0.05) is 5.02 Å². The summed E-state index contributed by atoms with van der Waals surface area (Å²) in [5, 5.41) is 0.169. The van der Waals surface area contributed by atoms with Crippen LogP contribution in [0.4, 0.5) is 18.9 Å². The molecule has 0 atom stereocenters. The third kappa shape index (κ3) is 3.68. The molecule has 8 heteroatoms. The molecule has 2 aromatic rings. The molecule has 0 aliphatic carbocycles. The number of para-hydroxylation sites is 1. The summed E-state index contributed by atoms with van der Waals surface area (Å²) < 4.78 is 64.6. The van der Waals surface area contributed by atoms with Crippen LogP contribution in [0.15, 0.2) is 53.4 Å². The quantitative estimate of drug-likeness (QED) is 0.915. The number of benzene rings is 2. The number of sulfonamides is 1. The Balaban J connectivity index is 2.43. The van der Waals surface area contributed by atoms with Gasteiger partial charge in [0.1, 0.15) is 0 Å². The fourth-order valence-corrected chi connectivity index (χ4v) is 3.04. The molecule has 0 aliphatic heterocycles. The summed E-state index contributed by atoms with van der Waals surface area (Å²) >= 11 is 5.69. The van der Waals surface area contributed by atoms with E-state index in [2.05, 4.69) is 0 Å². The summed E-state index contributed by atoms with van der Waals surface area (Å²) in [6.07, 6.45) is -4.66. The molecular weight excluding hydrogens is 327 g/mol. The van der Waals surface area contributed by atoms with Gasteiger partial charge in [-0.2, -0.15) is 13.2 Å². The van der Waals surface area contributed by atoms with Crippen LogP contribution in [0.2, 0.25) is 5.02 Å². The Kier molecular flexibility index (Phi) is 4.15. The molecule has 0 aliphatic rings. The van der Waals surface area contributed by atoms with E-state index in [0.29, 0.717) is 0 Å². The average Bonchev–Trinajstić information content (AvgIpc) is 2.37. The first-order chi connectivity index (χ1) is 9.70. The van der Waals surface area contributed by atoms with Gasteiger partial charge in [0.15, 0.2) is 0 Å². The molecule has 21 heavy (non-hydrogen) atoms. The zero-order chi connectivity index (χ0) is 15.7. The number of hydrogen-bond donors (Lipinski definition) is 1. The molecule has 0 unspecified atom stereocenters. The second kappa shape index (κ2) is 5.57. The molecule has 112 valence electrons. The standard InChI is InChI=1S/C13H9ClF3NO2S/c14-9-4-3-5-10(8-9)21(19,20)18-12-7-2-1-6-11(12)13(15,16)17/h1-8,18H. The molecular formula is C13H9ClF3NO2S. The fraction of sp³-hybridized carbons (Fsp3) is 0.0769. The summed E-state index contributed by atoms with van der Waals surface area (Å²) in [5.41, 5.74) is -1.60. The third-order valence-corrected chi connectivity index (χ3v) is 4.18. The second-order valence-corrected chi connectivity index (χ2v) is 6.23. The SMILES string of the molecule is O=S(=O)(Nc1ccccc1C(F)(F)F)c1cccc(Cl)c1. The lowest BCUT2D eigenvalue weighted by Crippen LogP contribution is -2.17. The highest BCUT2D eigenvalue weighted by atomic mass is 35.5. The van der Waals surface area contributed by atoms with Gasteiger partial charge in [-0.1, -0.05) is 29.8 Å². The van der Waals surface area contributed by atoms with Crippen molar-refractivity contribution in [2.45, 2.75) is 11.1 Å². The van der Waals surface area contributed by atoms with Crippen LogP contribution < -0.4 is 4.72 Å². The summed E-state index contributed by atoms with van der Waals surface area (Å²) in [6.45, 7) is 0. The Hall–Kier alpha value is -1.73. The van der Waals surface area contributed by atoms with E-state index in [1.807, 2.05) is 4.72 Å². The van der Waals surface area contributed by atoms with Crippen LogP contribution in [0, 0.1) is 0 Å². The average molecular weight is 336 g/mol. The van der Waals surface area contributed by atoms with E-state index < -0.39 is 27.5 Å². The number of hydrogen-bond acceptors (Lipinski definition) is 2. The highest BCUT2D eigenvalue weighted by molar-refractivity contribution is 7.92. The molecule has 0 saturated carbocycles. The number of rotatable bonds is 3. The maximum Gasteiger partial charge on any atom is 0.418 e. The summed E-state index contributed by atoms with van der Waals surface area (Å²) in [6, 6.07) is 9.59. The van der Waals surface area contributed by atoms with Gasteiger partial charge in [0.2, 0.25) is 0 Å². The van der Waals surface area contributed by atoms with Crippen molar-refractivity contribution in [2.24, 2.45) is 0 Å². The first-order valence-electron chi connectivity index (χ1n) is 5.65. The second-order valence-electron chi connectivity index (χ2n) is 4.11. The summed E-state index contributed by atoms with van der Waals surface area (Å²) in [4.78, 5) is -0.216. The predicted octanol–water partition coefficient (Wildman–Crippen LogP) is 4.16. The Morgan fingerprint density at radius 1 is 1.00 bits per heavy atom. The van der Waals surface area contributed by atoms with Crippen molar-refractivity contribution in [1.82, 2.24) is 0 Å². The molecule has 0 amide bonds. The highest BCUT2D eigenvalue weighted by Crippen LogP contribution is 2.35. The maximum atomic E-state index is 12.8. The van der Waals surface area contributed by atoms with Gasteiger partial charge in [0.25, 0.3) is 10.0 Å². The minimum atomic E-state index is -4.66. The lowest BCUT2D eigenvalue weighted by Gasteiger charge is -2.14. The smallest absolute Gasteiger partial charge is 0.279 e. The molecule has 0 bridgehead atoms. The van der Waals surface area contributed by atoms with Gasteiger partial charge in [-0.25, -0.2) is 8.42 Å². The zero-order valence-electron chi connectivity index (χ0n) is 10.4.